The number of carbonyl (C=O) groups is 1. The van der Waals surface area contributed by atoms with Crippen molar-refractivity contribution in [2.45, 2.75) is 64.5 Å². The highest BCUT2D eigenvalue weighted by molar-refractivity contribution is 7.05. The zero-order valence-corrected chi connectivity index (χ0v) is 15.6. The van der Waals surface area contributed by atoms with Crippen molar-refractivity contribution in [3.63, 3.8) is 0 Å². The first kappa shape index (κ1) is 16.5. The summed E-state index contributed by atoms with van der Waals surface area (Å²) in [5.41, 5.74) is 1.16. The van der Waals surface area contributed by atoms with E-state index in [-0.39, 0.29) is 0 Å². The largest absolute Gasteiger partial charge is 0.341 e. The maximum Gasteiger partial charge on any atom is 0.225 e. The Hall–Kier alpha value is -1.01. The van der Waals surface area contributed by atoms with Gasteiger partial charge in [0.15, 0.2) is 0 Å². The number of carbonyl (C=O) groups excluding carboxylic acids is 1. The summed E-state index contributed by atoms with van der Waals surface area (Å²) in [4.78, 5) is 18.8. The molecule has 1 amide bonds. The molecule has 6 heteroatoms. The molecule has 3 saturated heterocycles. The van der Waals surface area contributed by atoms with E-state index in [0.29, 0.717) is 29.7 Å². The minimum Gasteiger partial charge on any atom is -0.341 e. The van der Waals surface area contributed by atoms with E-state index in [2.05, 4.69) is 33.2 Å². The average molecular weight is 349 g/mol. The number of hydrogen-bond donors (Lipinski definition) is 0. The van der Waals surface area contributed by atoms with Crippen LogP contribution in [0.25, 0.3) is 0 Å². The van der Waals surface area contributed by atoms with Gasteiger partial charge in [-0.1, -0.05) is 24.8 Å². The van der Waals surface area contributed by atoms with E-state index in [1.54, 1.807) is 11.5 Å². The molecule has 0 spiro atoms. The quantitative estimate of drug-likeness (QED) is 0.839. The van der Waals surface area contributed by atoms with Crippen molar-refractivity contribution in [3.8, 4) is 0 Å². The number of piperidine rings is 1. The summed E-state index contributed by atoms with van der Waals surface area (Å²) in [7, 11) is 0. The van der Waals surface area contributed by atoms with Gasteiger partial charge in [0.25, 0.3) is 0 Å². The van der Waals surface area contributed by atoms with Crippen molar-refractivity contribution in [1.82, 2.24) is 19.4 Å². The monoisotopic (exact) mass is 348 g/mol. The Labute approximate surface area is 148 Å². The van der Waals surface area contributed by atoms with Crippen LogP contribution in [0.2, 0.25) is 0 Å². The fraction of sp³-hybridized carbons (Fsp3) is 0.833. The van der Waals surface area contributed by atoms with Crippen LogP contribution in [-0.4, -0.2) is 51.0 Å². The second-order valence-corrected chi connectivity index (χ2v) is 8.97. The van der Waals surface area contributed by atoms with E-state index in [9.17, 15) is 4.79 Å². The molecular formula is C18H28N4OS. The van der Waals surface area contributed by atoms with Crippen LogP contribution >= 0.6 is 11.5 Å². The van der Waals surface area contributed by atoms with E-state index >= 15 is 0 Å². The van der Waals surface area contributed by atoms with Gasteiger partial charge >= 0.3 is 0 Å². The molecule has 132 valence electrons. The predicted molar refractivity (Wildman–Crippen MR) is 94.8 cm³/mol. The van der Waals surface area contributed by atoms with Crippen LogP contribution in [0, 0.1) is 11.8 Å². The maximum absolute atomic E-state index is 12.7. The minimum atomic E-state index is 0.328. The van der Waals surface area contributed by atoms with Crippen LogP contribution in [0.15, 0.2) is 0 Å². The second kappa shape index (κ2) is 6.71. The van der Waals surface area contributed by atoms with E-state index in [1.807, 2.05) is 0 Å². The molecule has 2 bridgehead atoms. The lowest BCUT2D eigenvalue weighted by Gasteiger charge is -2.36. The van der Waals surface area contributed by atoms with Crippen LogP contribution in [0.1, 0.15) is 62.4 Å². The Balaban J connectivity index is 1.46. The molecule has 4 aliphatic rings. The SMILES string of the molecule is CC(C)c1nnsc1CN1C[C@H]2CC[C@@H]1CN(C(=O)C1CCC1)C2. The van der Waals surface area contributed by atoms with Gasteiger partial charge in [-0.05, 0) is 49.1 Å². The molecule has 1 aromatic heterocycles. The number of aromatic nitrogens is 2. The van der Waals surface area contributed by atoms with E-state index in [4.69, 9.17) is 0 Å². The molecule has 4 heterocycles. The normalized spacial score (nSPS) is 28.2. The molecule has 1 aromatic rings. The molecule has 24 heavy (non-hydrogen) atoms. The number of fused-ring (bicyclic) bond motifs is 4. The molecule has 3 aliphatic heterocycles. The molecule has 5 nitrogen and oxygen atoms in total. The van der Waals surface area contributed by atoms with Gasteiger partial charge < -0.3 is 4.90 Å². The highest BCUT2D eigenvalue weighted by Crippen LogP contribution is 2.34. The van der Waals surface area contributed by atoms with Crippen LogP contribution < -0.4 is 0 Å². The Kier molecular flexibility index (Phi) is 4.60. The lowest BCUT2D eigenvalue weighted by molar-refractivity contribution is -0.138. The van der Waals surface area contributed by atoms with E-state index in [0.717, 1.165) is 44.7 Å². The summed E-state index contributed by atoms with van der Waals surface area (Å²) in [6.07, 6.45) is 5.95. The van der Waals surface area contributed by atoms with Crippen LogP contribution in [0.3, 0.4) is 0 Å². The second-order valence-electron chi connectivity index (χ2n) is 8.13. The van der Waals surface area contributed by atoms with Gasteiger partial charge in [-0.2, -0.15) is 0 Å². The van der Waals surface area contributed by atoms with Gasteiger partial charge in [0.05, 0.1) is 10.6 Å². The highest BCUT2D eigenvalue weighted by Gasteiger charge is 2.39. The standard InChI is InChI=1S/C18H28N4OS/c1-12(2)17-16(24-20-19-17)11-21-8-13-6-7-15(21)10-22(9-13)18(23)14-4-3-5-14/h12-15H,3-11H2,1-2H3/t13-,15-/m1/s1. The van der Waals surface area contributed by atoms with Crippen molar-refractivity contribution in [1.29, 1.82) is 0 Å². The third-order valence-electron chi connectivity index (χ3n) is 6.07. The molecule has 4 fully saturated rings. The number of amides is 1. The number of nitrogens with zero attached hydrogens (tertiary/aromatic N) is 4. The lowest BCUT2D eigenvalue weighted by Crippen LogP contribution is -2.45. The molecule has 5 rings (SSSR count). The van der Waals surface area contributed by atoms with Gasteiger partial charge in [-0.3, -0.25) is 9.69 Å². The third kappa shape index (κ3) is 3.10. The van der Waals surface area contributed by atoms with Crippen LogP contribution in [0.5, 0.6) is 0 Å². The van der Waals surface area contributed by atoms with Gasteiger partial charge in [-0.25, -0.2) is 0 Å². The van der Waals surface area contributed by atoms with E-state index < -0.39 is 0 Å². The Morgan fingerprint density at radius 2 is 2.04 bits per heavy atom. The topological polar surface area (TPSA) is 49.3 Å². The van der Waals surface area contributed by atoms with Crippen molar-refractivity contribution in [3.05, 3.63) is 10.6 Å². The fourth-order valence-corrected chi connectivity index (χ4v) is 5.23. The summed E-state index contributed by atoms with van der Waals surface area (Å²) in [5, 5.41) is 4.33. The van der Waals surface area contributed by atoms with E-state index in [1.165, 1.54) is 24.1 Å². The molecule has 0 N–H and O–H groups in total. The summed E-state index contributed by atoms with van der Waals surface area (Å²) in [6.45, 7) is 8.35. The van der Waals surface area contributed by atoms with Gasteiger partial charge in [0.1, 0.15) is 0 Å². The van der Waals surface area contributed by atoms with Crippen LogP contribution in [-0.2, 0) is 11.3 Å². The molecule has 1 saturated carbocycles. The van der Waals surface area contributed by atoms with Gasteiger partial charge in [0, 0.05) is 38.1 Å². The Morgan fingerprint density at radius 1 is 1.21 bits per heavy atom. The van der Waals surface area contributed by atoms with Crippen molar-refractivity contribution >= 4 is 17.4 Å². The van der Waals surface area contributed by atoms with Crippen molar-refractivity contribution in [2.24, 2.45) is 11.8 Å². The van der Waals surface area contributed by atoms with Crippen molar-refractivity contribution < 1.29 is 4.79 Å². The first-order chi connectivity index (χ1) is 11.6. The third-order valence-corrected chi connectivity index (χ3v) is 6.79. The molecule has 0 radical (unpaired) electrons. The molecule has 0 unspecified atom stereocenters. The highest BCUT2D eigenvalue weighted by atomic mass is 32.1. The summed E-state index contributed by atoms with van der Waals surface area (Å²) < 4.78 is 4.18. The molecule has 1 aliphatic carbocycles. The van der Waals surface area contributed by atoms with Crippen LogP contribution in [0.4, 0.5) is 0 Å². The van der Waals surface area contributed by atoms with Gasteiger partial charge in [-0.15, -0.1) is 5.10 Å². The lowest BCUT2D eigenvalue weighted by atomic mass is 9.84. The smallest absolute Gasteiger partial charge is 0.225 e. The first-order valence-electron chi connectivity index (χ1n) is 9.45. The predicted octanol–water partition coefficient (Wildman–Crippen LogP) is 2.88. The summed E-state index contributed by atoms with van der Waals surface area (Å²) in [6, 6.07) is 0.509. The Bertz CT molecular complexity index is 598. The Morgan fingerprint density at radius 3 is 2.75 bits per heavy atom. The average Bonchev–Trinajstić information content (AvgIpc) is 2.76. The van der Waals surface area contributed by atoms with Gasteiger partial charge in [0.2, 0.25) is 5.91 Å². The molecule has 2 atom stereocenters. The zero-order valence-electron chi connectivity index (χ0n) is 14.8. The fourth-order valence-electron chi connectivity index (χ4n) is 4.41. The molecule has 0 aromatic carbocycles. The summed E-state index contributed by atoms with van der Waals surface area (Å²) in [5.74, 6) is 1.83. The number of hydrogen-bond acceptors (Lipinski definition) is 5. The zero-order chi connectivity index (χ0) is 16.7. The first-order valence-corrected chi connectivity index (χ1v) is 10.2. The summed E-state index contributed by atoms with van der Waals surface area (Å²) >= 11 is 1.55. The minimum absolute atomic E-state index is 0.328. The van der Waals surface area contributed by atoms with Crippen molar-refractivity contribution in [2.75, 3.05) is 19.6 Å². The number of rotatable bonds is 4. The molecular weight excluding hydrogens is 320 g/mol. The maximum atomic E-state index is 12.7.